The van der Waals surface area contributed by atoms with E-state index in [1.807, 2.05) is 0 Å². The topological polar surface area (TPSA) is 49.4 Å². The number of rotatable bonds is 1. The van der Waals surface area contributed by atoms with Crippen LogP contribution in [0.4, 0.5) is 0 Å². The average Bonchev–Trinajstić information content (AvgIpc) is 2.74. The van der Waals surface area contributed by atoms with Gasteiger partial charge in [0.05, 0.1) is 11.5 Å². The van der Waals surface area contributed by atoms with Gasteiger partial charge in [-0.2, -0.15) is 0 Å². The summed E-state index contributed by atoms with van der Waals surface area (Å²) in [5, 5.41) is 3.77. The number of hydrogen-bond donors (Lipinski definition) is 1. The molecule has 0 aromatic rings. The first-order valence-electron chi connectivity index (χ1n) is 7.71. The molecule has 2 heterocycles. The van der Waals surface area contributed by atoms with Crippen molar-refractivity contribution in [2.75, 3.05) is 24.6 Å². The summed E-state index contributed by atoms with van der Waals surface area (Å²) in [6, 6.07) is 0.728. The first-order chi connectivity index (χ1) is 9.00. The number of nitrogens with one attached hydrogen (secondary N) is 1. The molecule has 3 rings (SSSR count). The van der Waals surface area contributed by atoms with Crippen molar-refractivity contribution >= 4 is 9.84 Å². The Labute approximate surface area is 116 Å². The molecule has 2 unspecified atom stereocenters. The molecular weight excluding hydrogens is 260 g/mol. The predicted octanol–water partition coefficient (Wildman–Crippen LogP) is 1.17. The summed E-state index contributed by atoms with van der Waals surface area (Å²) in [4.78, 5) is 2.49. The van der Waals surface area contributed by atoms with E-state index < -0.39 is 9.84 Å². The van der Waals surface area contributed by atoms with Crippen molar-refractivity contribution in [3.63, 3.8) is 0 Å². The molecule has 5 heteroatoms. The minimum absolute atomic E-state index is 0.265. The van der Waals surface area contributed by atoms with E-state index in [-0.39, 0.29) is 11.6 Å². The van der Waals surface area contributed by atoms with Crippen molar-refractivity contribution in [1.82, 2.24) is 10.2 Å². The number of piperazine rings is 1. The van der Waals surface area contributed by atoms with Gasteiger partial charge in [-0.1, -0.05) is 19.3 Å². The third kappa shape index (κ3) is 2.83. The lowest BCUT2D eigenvalue weighted by molar-refractivity contribution is 0.0381. The normalized spacial score (nSPS) is 38.6. The van der Waals surface area contributed by atoms with Crippen LogP contribution in [0, 0.1) is 0 Å². The van der Waals surface area contributed by atoms with Gasteiger partial charge in [-0.15, -0.1) is 0 Å². The number of nitrogens with zero attached hydrogens (tertiary/aromatic N) is 1. The molecule has 0 amide bonds. The summed E-state index contributed by atoms with van der Waals surface area (Å²) in [6.45, 7) is 4.29. The maximum Gasteiger partial charge on any atom is 0.151 e. The lowest BCUT2D eigenvalue weighted by Gasteiger charge is -2.50. The minimum Gasteiger partial charge on any atom is -0.308 e. The van der Waals surface area contributed by atoms with Gasteiger partial charge in [-0.3, -0.25) is 4.90 Å². The fourth-order valence-corrected chi connectivity index (χ4v) is 5.87. The molecule has 0 bridgehead atoms. The molecule has 19 heavy (non-hydrogen) atoms. The van der Waals surface area contributed by atoms with E-state index >= 15 is 0 Å². The average molecular weight is 286 g/mol. The SMILES string of the molecule is CC1CNC2(CCCCC2)CN1C1CCS(=O)(=O)C1. The summed E-state index contributed by atoms with van der Waals surface area (Å²) < 4.78 is 23.4. The van der Waals surface area contributed by atoms with E-state index in [9.17, 15) is 8.42 Å². The Bertz CT molecular complexity index is 429. The first kappa shape index (κ1) is 13.8. The fraction of sp³-hybridized carbons (Fsp3) is 1.00. The van der Waals surface area contributed by atoms with Crippen LogP contribution in [0.25, 0.3) is 0 Å². The van der Waals surface area contributed by atoms with E-state index in [4.69, 9.17) is 0 Å². The molecule has 2 aliphatic heterocycles. The van der Waals surface area contributed by atoms with Gasteiger partial charge in [0.15, 0.2) is 9.84 Å². The zero-order chi connectivity index (χ0) is 13.5. The van der Waals surface area contributed by atoms with Crippen molar-refractivity contribution in [1.29, 1.82) is 0 Å². The van der Waals surface area contributed by atoms with E-state index in [0.29, 0.717) is 17.5 Å². The highest BCUT2D eigenvalue weighted by Gasteiger charge is 2.43. The lowest BCUT2D eigenvalue weighted by atomic mass is 9.79. The molecule has 3 aliphatic rings. The lowest BCUT2D eigenvalue weighted by Crippen LogP contribution is -2.66. The molecule has 0 aromatic carbocycles. The first-order valence-corrected chi connectivity index (χ1v) is 9.53. The van der Waals surface area contributed by atoms with Gasteiger partial charge in [0.1, 0.15) is 0 Å². The maximum absolute atomic E-state index is 11.7. The molecule has 110 valence electrons. The monoisotopic (exact) mass is 286 g/mol. The molecule has 0 aromatic heterocycles. The van der Waals surface area contributed by atoms with Gasteiger partial charge < -0.3 is 5.32 Å². The standard InChI is InChI=1S/C14H26N2O2S/c1-12-9-15-14(6-3-2-4-7-14)11-16(12)13-5-8-19(17,18)10-13/h12-13,15H,2-11H2,1H3. The van der Waals surface area contributed by atoms with Crippen LogP contribution in [0.1, 0.15) is 45.4 Å². The quantitative estimate of drug-likeness (QED) is 0.786. The molecule has 4 nitrogen and oxygen atoms in total. The molecule has 1 spiro atoms. The Hall–Kier alpha value is -0.130. The van der Waals surface area contributed by atoms with Crippen molar-refractivity contribution in [3.05, 3.63) is 0 Å². The smallest absolute Gasteiger partial charge is 0.151 e. The van der Waals surface area contributed by atoms with E-state index in [2.05, 4.69) is 17.1 Å². The van der Waals surface area contributed by atoms with Gasteiger partial charge >= 0.3 is 0 Å². The van der Waals surface area contributed by atoms with E-state index in [0.717, 1.165) is 19.5 Å². The molecule has 3 fully saturated rings. The molecule has 1 N–H and O–H groups in total. The van der Waals surface area contributed by atoms with Gasteiger partial charge in [0.2, 0.25) is 0 Å². The Kier molecular flexibility index (Phi) is 3.65. The predicted molar refractivity (Wildman–Crippen MR) is 77.0 cm³/mol. The number of hydrogen-bond acceptors (Lipinski definition) is 4. The molecule has 1 saturated carbocycles. The van der Waals surface area contributed by atoms with Crippen LogP contribution in [0.3, 0.4) is 0 Å². The molecule has 2 saturated heterocycles. The van der Waals surface area contributed by atoms with Crippen molar-refractivity contribution in [3.8, 4) is 0 Å². The van der Waals surface area contributed by atoms with Gasteiger partial charge in [-0.25, -0.2) is 8.42 Å². The third-order valence-corrected chi connectivity index (χ3v) is 7.06. The Balaban J connectivity index is 1.73. The van der Waals surface area contributed by atoms with Crippen molar-refractivity contribution in [2.24, 2.45) is 0 Å². The zero-order valence-corrected chi connectivity index (χ0v) is 12.7. The van der Waals surface area contributed by atoms with Crippen LogP contribution in [-0.4, -0.2) is 55.5 Å². The maximum atomic E-state index is 11.7. The number of sulfone groups is 1. The summed E-state index contributed by atoms with van der Waals surface area (Å²) in [5.41, 5.74) is 0.275. The van der Waals surface area contributed by atoms with Crippen LogP contribution in [0.2, 0.25) is 0 Å². The van der Waals surface area contributed by atoms with Crippen molar-refractivity contribution in [2.45, 2.75) is 63.1 Å². The Morgan fingerprint density at radius 1 is 1.21 bits per heavy atom. The molecule has 0 radical (unpaired) electrons. The zero-order valence-electron chi connectivity index (χ0n) is 11.9. The van der Waals surface area contributed by atoms with Crippen LogP contribution in [-0.2, 0) is 9.84 Å². The van der Waals surface area contributed by atoms with E-state index in [1.165, 1.54) is 32.1 Å². The van der Waals surface area contributed by atoms with Crippen LogP contribution in [0.15, 0.2) is 0 Å². The Morgan fingerprint density at radius 2 is 1.95 bits per heavy atom. The van der Waals surface area contributed by atoms with Crippen LogP contribution >= 0.6 is 0 Å². The third-order valence-electron chi connectivity index (χ3n) is 5.31. The highest BCUT2D eigenvalue weighted by atomic mass is 32.2. The van der Waals surface area contributed by atoms with Crippen LogP contribution < -0.4 is 5.32 Å². The second-order valence-electron chi connectivity index (χ2n) is 6.80. The summed E-state index contributed by atoms with van der Waals surface area (Å²) in [7, 11) is -2.77. The van der Waals surface area contributed by atoms with Crippen molar-refractivity contribution < 1.29 is 8.42 Å². The van der Waals surface area contributed by atoms with Gasteiger partial charge in [0.25, 0.3) is 0 Å². The largest absolute Gasteiger partial charge is 0.308 e. The van der Waals surface area contributed by atoms with Gasteiger partial charge in [0, 0.05) is 30.7 Å². The second-order valence-corrected chi connectivity index (χ2v) is 9.03. The Morgan fingerprint density at radius 3 is 2.58 bits per heavy atom. The highest BCUT2D eigenvalue weighted by Crippen LogP contribution is 2.34. The molecular formula is C14H26N2O2S. The van der Waals surface area contributed by atoms with Gasteiger partial charge in [-0.05, 0) is 26.2 Å². The van der Waals surface area contributed by atoms with E-state index in [1.54, 1.807) is 0 Å². The summed E-state index contributed by atoms with van der Waals surface area (Å²) in [5.74, 6) is 0.773. The molecule has 2 atom stereocenters. The highest BCUT2D eigenvalue weighted by molar-refractivity contribution is 7.91. The fourth-order valence-electron chi connectivity index (χ4n) is 4.13. The summed E-state index contributed by atoms with van der Waals surface area (Å²) in [6.07, 6.45) is 7.35. The minimum atomic E-state index is -2.77. The van der Waals surface area contributed by atoms with Crippen LogP contribution in [0.5, 0.6) is 0 Å². The summed E-state index contributed by atoms with van der Waals surface area (Å²) >= 11 is 0. The second kappa shape index (κ2) is 5.01. The molecule has 1 aliphatic carbocycles.